The summed E-state index contributed by atoms with van der Waals surface area (Å²) >= 11 is 8.66. The van der Waals surface area contributed by atoms with Crippen molar-refractivity contribution in [2.24, 2.45) is 0 Å². The molecule has 7 aromatic rings. The number of nitrogens with zero attached hydrogens (tertiary/aromatic N) is 2. The third kappa shape index (κ3) is 8.75. The number of pyridine rings is 2. The summed E-state index contributed by atoms with van der Waals surface area (Å²) in [6.45, 7) is 12.8. The monoisotopic (exact) mass is 818 g/mol. The Morgan fingerprint density at radius 3 is 1.19 bits per heavy atom. The largest absolute Gasteiger partial charge is 0.494 e. The van der Waals surface area contributed by atoms with E-state index in [1.54, 1.807) is 0 Å². The highest BCUT2D eigenvalue weighted by Crippen LogP contribution is 2.41. The summed E-state index contributed by atoms with van der Waals surface area (Å²) in [5.74, 6) is 0. The van der Waals surface area contributed by atoms with E-state index in [-0.39, 0.29) is 0 Å². The minimum atomic E-state index is -0.528. The van der Waals surface area contributed by atoms with E-state index in [1.165, 1.54) is 28.9 Å². The zero-order chi connectivity index (χ0) is 40.2. The van der Waals surface area contributed by atoms with Gasteiger partial charge in [-0.15, -0.1) is 0 Å². The van der Waals surface area contributed by atoms with Crippen molar-refractivity contribution >= 4 is 52.7 Å². The number of aryl methyl sites for hydroxylation is 2. The standard InChI is InChI=1S/C48H43BN2O2.S4/c1-32-25-45(34-17-9-7-10-18-34)50-30-43(32)41-23-15-13-21-39(41)36-27-37(29-38(28-36)49-52-47(3,4)48(5,6)53-49)40-22-14-16-24-42(40)44-31-51-46(26-33(44)2)35-19-11-8-12-20-35;1-3-4-2/h7-31H,1-6H3;. The molecule has 0 aliphatic carbocycles. The van der Waals surface area contributed by atoms with Crippen LogP contribution in [0.4, 0.5) is 0 Å². The van der Waals surface area contributed by atoms with Crippen molar-refractivity contribution in [3.8, 4) is 67.0 Å². The summed E-state index contributed by atoms with van der Waals surface area (Å²) in [6, 6.07) is 49.0. The summed E-state index contributed by atoms with van der Waals surface area (Å²) < 4.78 is 13.3. The van der Waals surface area contributed by atoms with Crippen LogP contribution in [0.1, 0.15) is 38.8 Å². The normalized spacial score (nSPS) is 14.0. The van der Waals surface area contributed by atoms with Crippen LogP contribution in [-0.2, 0) is 49.4 Å². The summed E-state index contributed by atoms with van der Waals surface area (Å²) in [5.41, 5.74) is 15.3. The zero-order valence-corrected chi connectivity index (χ0v) is 36.1. The maximum Gasteiger partial charge on any atom is 0.494 e. The van der Waals surface area contributed by atoms with Crippen molar-refractivity contribution in [3.05, 3.63) is 163 Å². The van der Waals surface area contributed by atoms with Gasteiger partial charge in [0.25, 0.3) is 0 Å². The first kappa shape index (κ1) is 40.5. The van der Waals surface area contributed by atoms with Crippen molar-refractivity contribution in [3.63, 3.8) is 0 Å². The van der Waals surface area contributed by atoms with Gasteiger partial charge >= 0.3 is 7.12 Å². The summed E-state index contributed by atoms with van der Waals surface area (Å²) in [6.07, 6.45) is 4.03. The lowest BCUT2D eigenvalue weighted by atomic mass is 9.75. The lowest BCUT2D eigenvalue weighted by molar-refractivity contribution is 0.00578. The van der Waals surface area contributed by atoms with Gasteiger partial charge in [0, 0.05) is 74.8 Å². The van der Waals surface area contributed by atoms with E-state index >= 15 is 0 Å². The van der Waals surface area contributed by atoms with Gasteiger partial charge in [-0.3, -0.25) is 9.97 Å². The second kappa shape index (κ2) is 17.4. The summed E-state index contributed by atoms with van der Waals surface area (Å²) in [4.78, 5) is 9.86. The molecule has 1 saturated heterocycles. The van der Waals surface area contributed by atoms with Gasteiger partial charge in [0.15, 0.2) is 0 Å². The van der Waals surface area contributed by atoms with Crippen LogP contribution in [0, 0.1) is 13.8 Å². The topological polar surface area (TPSA) is 44.2 Å². The minimum absolute atomic E-state index is 0.476. The quantitative estimate of drug-likeness (QED) is 0.149. The molecule has 4 nitrogen and oxygen atoms in total. The van der Waals surface area contributed by atoms with Gasteiger partial charge in [-0.05, 0) is 110 Å². The molecule has 284 valence electrons. The van der Waals surface area contributed by atoms with Crippen molar-refractivity contribution in [1.82, 2.24) is 9.97 Å². The molecule has 0 radical (unpaired) electrons. The van der Waals surface area contributed by atoms with E-state index in [4.69, 9.17) is 19.3 Å². The smallest absolute Gasteiger partial charge is 0.399 e. The lowest BCUT2D eigenvalue weighted by Crippen LogP contribution is -2.41. The second-order valence-electron chi connectivity index (χ2n) is 15.2. The van der Waals surface area contributed by atoms with E-state index in [9.17, 15) is 0 Å². The molecule has 1 aliphatic rings. The first-order chi connectivity index (χ1) is 27.5. The highest BCUT2D eigenvalue weighted by molar-refractivity contribution is 8.51. The summed E-state index contributed by atoms with van der Waals surface area (Å²) in [5, 5.41) is 0. The molecule has 0 saturated carbocycles. The maximum absolute atomic E-state index is 6.67. The predicted octanol–water partition coefficient (Wildman–Crippen LogP) is 11.4. The molecule has 5 aromatic carbocycles. The molecule has 8 rings (SSSR count). The Hall–Kier alpha value is -4.74. The number of rotatable bonds is 7. The number of hydrogen-bond donors (Lipinski definition) is 0. The molecule has 2 aromatic heterocycles. The average molecular weight is 819 g/mol. The predicted molar refractivity (Wildman–Crippen MR) is 249 cm³/mol. The van der Waals surface area contributed by atoms with E-state index in [0.717, 1.165) is 72.5 Å². The van der Waals surface area contributed by atoms with Crippen LogP contribution in [0.5, 0.6) is 0 Å². The van der Waals surface area contributed by atoms with Crippen LogP contribution in [0.3, 0.4) is 0 Å². The van der Waals surface area contributed by atoms with E-state index in [1.807, 2.05) is 24.5 Å². The maximum atomic E-state index is 6.67. The Bertz CT molecular complexity index is 2460. The molecule has 1 aliphatic heterocycles. The van der Waals surface area contributed by atoms with Crippen molar-refractivity contribution in [2.45, 2.75) is 52.7 Å². The minimum Gasteiger partial charge on any atom is -0.399 e. The molecule has 9 heteroatoms. The van der Waals surface area contributed by atoms with Gasteiger partial charge < -0.3 is 9.31 Å². The van der Waals surface area contributed by atoms with Crippen LogP contribution in [0.15, 0.2) is 152 Å². The number of hydrogen-bond acceptors (Lipinski definition) is 6. The Kier molecular flexibility index (Phi) is 12.4. The fraction of sp³-hybridized carbons (Fsp3) is 0.167. The van der Waals surface area contributed by atoms with E-state index < -0.39 is 18.3 Å². The molecule has 3 heterocycles. The SMILES string of the molecule is Cc1cc(-c2ccccc2)ncc1-c1ccccc1-c1cc(B2OC(C)(C)C(C)(C)O2)cc(-c2ccccc2-c2cnc(-c3ccccc3)cc2C)c1.S=S=S=S. The van der Waals surface area contributed by atoms with Crippen molar-refractivity contribution in [1.29, 1.82) is 0 Å². The average Bonchev–Trinajstić information content (AvgIpc) is 3.47. The molecule has 57 heavy (non-hydrogen) atoms. The molecule has 0 spiro atoms. The lowest BCUT2D eigenvalue weighted by Gasteiger charge is -2.32. The third-order valence-electron chi connectivity index (χ3n) is 10.9. The van der Waals surface area contributed by atoms with E-state index in [0.29, 0.717) is 0 Å². The highest BCUT2D eigenvalue weighted by atomic mass is 33.2. The van der Waals surface area contributed by atoms with Gasteiger partial charge in [0.1, 0.15) is 0 Å². The summed E-state index contributed by atoms with van der Waals surface area (Å²) in [7, 11) is 1.81. The number of aromatic nitrogens is 2. The molecule has 0 amide bonds. The van der Waals surface area contributed by atoms with Gasteiger partial charge in [-0.25, -0.2) is 0 Å². The Morgan fingerprint density at radius 2 is 0.825 bits per heavy atom. The van der Waals surface area contributed by atoms with Gasteiger partial charge in [0.2, 0.25) is 0 Å². The molecule has 0 atom stereocenters. The second-order valence-corrected chi connectivity index (χ2v) is 18.7. The van der Waals surface area contributed by atoms with Crippen LogP contribution in [0.2, 0.25) is 0 Å². The fourth-order valence-corrected chi connectivity index (χ4v) is 7.23. The fourth-order valence-electron chi connectivity index (χ4n) is 7.23. The van der Waals surface area contributed by atoms with Crippen molar-refractivity contribution in [2.75, 3.05) is 0 Å². The molecule has 1 fully saturated rings. The first-order valence-corrected chi connectivity index (χ1v) is 22.8. The number of benzene rings is 5. The highest BCUT2D eigenvalue weighted by Gasteiger charge is 2.51. The Labute approximate surface area is 352 Å². The molecule has 0 unspecified atom stereocenters. The van der Waals surface area contributed by atoms with Gasteiger partial charge in [-0.1, -0.05) is 121 Å². The Balaban J connectivity index is 0.00000119. The van der Waals surface area contributed by atoms with Crippen LogP contribution in [0.25, 0.3) is 67.0 Å². The zero-order valence-electron chi connectivity index (χ0n) is 32.9. The molecule has 0 bridgehead atoms. The molecular weight excluding hydrogens is 776 g/mol. The third-order valence-corrected chi connectivity index (χ3v) is 13.1. The molecular formula is C48H43BN2O2S4. The first-order valence-electron chi connectivity index (χ1n) is 18.8. The van der Waals surface area contributed by atoms with Gasteiger partial charge in [-0.2, -0.15) is 0 Å². The molecule has 0 N–H and O–H groups in total. The van der Waals surface area contributed by atoms with Crippen LogP contribution < -0.4 is 5.46 Å². The van der Waals surface area contributed by atoms with Crippen molar-refractivity contribution < 1.29 is 9.31 Å². The van der Waals surface area contributed by atoms with Crippen LogP contribution >= 0.6 is 0 Å². The van der Waals surface area contributed by atoms with Crippen LogP contribution in [-0.4, -0.2) is 28.3 Å². The van der Waals surface area contributed by atoms with E-state index in [2.05, 4.69) is 191 Å². The Morgan fingerprint density at radius 1 is 0.456 bits per heavy atom. The van der Waals surface area contributed by atoms with Gasteiger partial charge in [0.05, 0.1) is 22.6 Å².